The normalized spacial score (nSPS) is 13.8. The average Bonchev–Trinajstić information content (AvgIpc) is 3.25. The third-order valence-corrected chi connectivity index (χ3v) is 4.45. The van der Waals surface area contributed by atoms with E-state index in [1.54, 1.807) is 6.26 Å². The van der Waals surface area contributed by atoms with Crippen molar-refractivity contribution in [3.8, 4) is 18.1 Å². The lowest BCUT2D eigenvalue weighted by Crippen LogP contribution is -2.25. The molecule has 0 fully saturated rings. The molecule has 1 aliphatic rings. The Bertz CT molecular complexity index is 844. The number of rotatable bonds is 10. The van der Waals surface area contributed by atoms with E-state index >= 15 is 0 Å². The van der Waals surface area contributed by atoms with Crippen LogP contribution in [0.4, 0.5) is 0 Å². The van der Waals surface area contributed by atoms with Crippen molar-refractivity contribution in [3.05, 3.63) is 53.5 Å². The number of nitrogens with one attached hydrogen (secondary N) is 1. The Labute approximate surface area is 159 Å². The lowest BCUT2D eigenvalue weighted by Gasteiger charge is -2.13. The Hall–Kier alpha value is -3.07. The van der Waals surface area contributed by atoms with Gasteiger partial charge in [-0.05, 0) is 30.7 Å². The standard InChI is InChI=1S/C21H23N3O3/c1-3-4-10-21(23-24-21)11-9-20(25)22-14-17-8-7-16(2)13-19(17)27-15-18-6-5-12-26-18/h1,5-8,12-13H,4,9-11,14-15H2,2H3,(H,22,25). The van der Waals surface area contributed by atoms with Gasteiger partial charge in [0, 0.05) is 37.8 Å². The van der Waals surface area contributed by atoms with Crippen molar-refractivity contribution in [2.45, 2.75) is 51.4 Å². The van der Waals surface area contributed by atoms with Crippen molar-refractivity contribution < 1.29 is 13.9 Å². The lowest BCUT2D eigenvalue weighted by atomic mass is 10.0. The van der Waals surface area contributed by atoms with Crippen LogP contribution in [-0.2, 0) is 17.9 Å². The number of hydrogen-bond acceptors (Lipinski definition) is 5. The van der Waals surface area contributed by atoms with Gasteiger partial charge in [-0.3, -0.25) is 4.79 Å². The zero-order valence-corrected chi connectivity index (χ0v) is 15.4. The van der Waals surface area contributed by atoms with Gasteiger partial charge in [0.2, 0.25) is 5.91 Å². The lowest BCUT2D eigenvalue weighted by molar-refractivity contribution is -0.121. The summed E-state index contributed by atoms with van der Waals surface area (Å²) in [6.07, 6.45) is 9.19. The average molecular weight is 365 g/mol. The maximum Gasteiger partial charge on any atom is 0.220 e. The second-order valence-corrected chi connectivity index (χ2v) is 6.64. The van der Waals surface area contributed by atoms with Gasteiger partial charge in [-0.15, -0.1) is 12.3 Å². The van der Waals surface area contributed by atoms with Crippen LogP contribution in [0, 0.1) is 19.3 Å². The highest BCUT2D eigenvalue weighted by atomic mass is 16.5. The molecule has 0 saturated heterocycles. The van der Waals surface area contributed by atoms with E-state index in [-0.39, 0.29) is 5.91 Å². The number of carbonyl (C=O) groups is 1. The summed E-state index contributed by atoms with van der Waals surface area (Å²) in [5.74, 6) is 4.04. The van der Waals surface area contributed by atoms with Crippen LogP contribution in [0.3, 0.4) is 0 Å². The summed E-state index contributed by atoms with van der Waals surface area (Å²) in [4.78, 5) is 12.2. The number of furan rings is 1. The molecule has 3 rings (SSSR count). The van der Waals surface area contributed by atoms with Gasteiger partial charge in [0.1, 0.15) is 18.1 Å². The summed E-state index contributed by atoms with van der Waals surface area (Å²) >= 11 is 0. The van der Waals surface area contributed by atoms with E-state index in [0.29, 0.717) is 38.8 Å². The fourth-order valence-corrected chi connectivity index (χ4v) is 2.75. The van der Waals surface area contributed by atoms with Gasteiger partial charge in [-0.2, -0.15) is 10.2 Å². The van der Waals surface area contributed by atoms with Gasteiger partial charge in [0.25, 0.3) is 0 Å². The maximum atomic E-state index is 12.2. The molecule has 0 saturated carbocycles. The number of ether oxygens (including phenoxy) is 1. The summed E-state index contributed by atoms with van der Waals surface area (Å²) in [6.45, 7) is 2.75. The summed E-state index contributed by atoms with van der Waals surface area (Å²) < 4.78 is 11.2. The van der Waals surface area contributed by atoms with Crippen LogP contribution in [0.5, 0.6) is 5.75 Å². The molecular weight excluding hydrogens is 342 g/mol. The third kappa shape index (κ3) is 5.45. The van der Waals surface area contributed by atoms with Crippen LogP contribution in [0.25, 0.3) is 0 Å². The van der Waals surface area contributed by atoms with Gasteiger partial charge >= 0.3 is 0 Å². The minimum absolute atomic E-state index is 0.0371. The topological polar surface area (TPSA) is 76.2 Å². The molecule has 1 N–H and O–H groups in total. The number of aryl methyl sites for hydroxylation is 1. The number of nitrogens with zero attached hydrogens (tertiary/aromatic N) is 2. The van der Waals surface area contributed by atoms with Crippen molar-refractivity contribution in [1.29, 1.82) is 0 Å². The van der Waals surface area contributed by atoms with Gasteiger partial charge in [-0.1, -0.05) is 12.1 Å². The smallest absolute Gasteiger partial charge is 0.220 e. The van der Waals surface area contributed by atoms with E-state index in [0.717, 1.165) is 22.6 Å². The molecule has 1 aromatic heterocycles. The number of benzene rings is 1. The first-order valence-corrected chi connectivity index (χ1v) is 8.99. The number of carbonyl (C=O) groups excluding carboxylic acids is 1. The summed E-state index contributed by atoms with van der Waals surface area (Å²) in [7, 11) is 0. The Morgan fingerprint density at radius 2 is 2.19 bits per heavy atom. The van der Waals surface area contributed by atoms with E-state index in [2.05, 4.69) is 21.5 Å². The second kappa shape index (κ2) is 8.54. The minimum atomic E-state index is -0.426. The fraction of sp³-hybridized carbons (Fsp3) is 0.381. The van der Waals surface area contributed by atoms with Crippen LogP contribution in [0.15, 0.2) is 51.2 Å². The second-order valence-electron chi connectivity index (χ2n) is 6.64. The molecular formula is C21H23N3O3. The Morgan fingerprint density at radius 1 is 1.33 bits per heavy atom. The molecule has 140 valence electrons. The molecule has 1 aliphatic heterocycles. The van der Waals surface area contributed by atoms with Gasteiger partial charge in [-0.25, -0.2) is 0 Å². The van der Waals surface area contributed by atoms with Gasteiger partial charge < -0.3 is 14.5 Å². The van der Waals surface area contributed by atoms with E-state index in [1.807, 2.05) is 37.3 Å². The molecule has 6 nitrogen and oxygen atoms in total. The monoisotopic (exact) mass is 365 g/mol. The first-order chi connectivity index (χ1) is 13.1. The van der Waals surface area contributed by atoms with Crippen molar-refractivity contribution in [3.63, 3.8) is 0 Å². The zero-order chi connectivity index (χ0) is 19.1. The quantitative estimate of drug-likeness (QED) is 0.643. The van der Waals surface area contributed by atoms with E-state index in [1.165, 1.54) is 0 Å². The molecule has 1 aromatic carbocycles. The molecule has 0 spiro atoms. The van der Waals surface area contributed by atoms with E-state index in [4.69, 9.17) is 15.6 Å². The first kappa shape index (κ1) is 18.7. The maximum absolute atomic E-state index is 12.2. The van der Waals surface area contributed by atoms with E-state index in [9.17, 15) is 4.79 Å². The van der Waals surface area contributed by atoms with Crippen LogP contribution in [0.2, 0.25) is 0 Å². The molecule has 2 heterocycles. The molecule has 1 amide bonds. The predicted octanol–water partition coefficient (Wildman–Crippen LogP) is 4.14. The number of amides is 1. The Kier molecular flexibility index (Phi) is 5.92. The summed E-state index contributed by atoms with van der Waals surface area (Å²) in [6, 6.07) is 9.61. The van der Waals surface area contributed by atoms with Crippen molar-refractivity contribution in [2.75, 3.05) is 0 Å². The molecule has 2 aromatic rings. The summed E-state index contributed by atoms with van der Waals surface area (Å²) in [5.41, 5.74) is 1.58. The molecule has 0 bridgehead atoms. The highest BCUT2D eigenvalue weighted by Gasteiger charge is 2.39. The molecule has 0 unspecified atom stereocenters. The Balaban J connectivity index is 1.49. The Morgan fingerprint density at radius 3 is 2.89 bits per heavy atom. The van der Waals surface area contributed by atoms with Crippen LogP contribution >= 0.6 is 0 Å². The van der Waals surface area contributed by atoms with Crippen molar-refractivity contribution in [2.24, 2.45) is 10.2 Å². The van der Waals surface area contributed by atoms with Gasteiger partial charge in [0.05, 0.1) is 6.26 Å². The largest absolute Gasteiger partial charge is 0.485 e. The highest BCUT2D eigenvalue weighted by molar-refractivity contribution is 5.76. The van der Waals surface area contributed by atoms with Crippen molar-refractivity contribution >= 4 is 5.91 Å². The van der Waals surface area contributed by atoms with Crippen LogP contribution < -0.4 is 10.1 Å². The zero-order valence-electron chi connectivity index (χ0n) is 15.4. The third-order valence-electron chi connectivity index (χ3n) is 4.45. The SMILES string of the molecule is C#CCCC1(CCC(=O)NCc2ccc(C)cc2OCc2ccco2)N=N1. The number of hydrogen-bond donors (Lipinski definition) is 1. The van der Waals surface area contributed by atoms with Crippen molar-refractivity contribution in [1.82, 2.24) is 5.32 Å². The number of terminal acetylenes is 1. The molecule has 27 heavy (non-hydrogen) atoms. The predicted molar refractivity (Wildman–Crippen MR) is 101 cm³/mol. The minimum Gasteiger partial charge on any atom is -0.485 e. The fourth-order valence-electron chi connectivity index (χ4n) is 2.75. The van der Waals surface area contributed by atoms with Crippen LogP contribution in [-0.4, -0.2) is 11.6 Å². The first-order valence-electron chi connectivity index (χ1n) is 8.99. The summed E-state index contributed by atoms with van der Waals surface area (Å²) in [5, 5.41) is 11.1. The highest BCUT2D eigenvalue weighted by Crippen LogP contribution is 2.37. The van der Waals surface area contributed by atoms with Crippen LogP contribution in [0.1, 0.15) is 42.6 Å². The molecule has 0 atom stereocenters. The molecule has 6 heteroatoms. The van der Waals surface area contributed by atoms with Gasteiger partial charge in [0.15, 0.2) is 5.66 Å². The molecule has 0 radical (unpaired) electrons. The van der Waals surface area contributed by atoms with E-state index < -0.39 is 5.66 Å². The molecule has 0 aliphatic carbocycles.